The summed E-state index contributed by atoms with van der Waals surface area (Å²) in [6.45, 7) is 2.69. The average Bonchev–Trinajstić information content (AvgIpc) is 2.32. The average molecular weight is 293 g/mol. The lowest BCUT2D eigenvalue weighted by atomic mass is 9.91. The quantitative estimate of drug-likeness (QED) is 0.763. The molecule has 0 amide bonds. The number of halogens is 3. The summed E-state index contributed by atoms with van der Waals surface area (Å²) in [6, 6.07) is 4.08. The van der Waals surface area contributed by atoms with Crippen molar-refractivity contribution in [2.75, 3.05) is 6.61 Å². The number of benzene rings is 1. The van der Waals surface area contributed by atoms with Gasteiger partial charge in [-0.3, -0.25) is 0 Å². The molecule has 1 aromatic rings. The molecule has 2 nitrogen and oxygen atoms in total. The molecule has 3 unspecified atom stereocenters. The van der Waals surface area contributed by atoms with Gasteiger partial charge in [-0.1, -0.05) is 18.5 Å². The molecule has 100 valence electrons. The molecule has 0 heterocycles. The van der Waals surface area contributed by atoms with Crippen molar-refractivity contribution in [3.8, 4) is 5.75 Å². The second-order valence-corrected chi connectivity index (χ2v) is 5.29. The molecule has 0 aliphatic heterocycles. The molecule has 0 spiro atoms. The van der Waals surface area contributed by atoms with Crippen molar-refractivity contribution >= 4 is 23.2 Å². The van der Waals surface area contributed by atoms with Crippen molar-refractivity contribution in [1.29, 1.82) is 0 Å². The molecule has 1 saturated carbocycles. The van der Waals surface area contributed by atoms with E-state index in [1.165, 1.54) is 18.2 Å². The zero-order valence-electron chi connectivity index (χ0n) is 10.0. The first-order chi connectivity index (χ1) is 8.61. The first kappa shape index (κ1) is 13.9. The maximum atomic E-state index is 12.9. The topological polar surface area (TPSA) is 18.5 Å². The molecule has 1 fully saturated rings. The van der Waals surface area contributed by atoms with Gasteiger partial charge in [0.05, 0.1) is 10.4 Å². The summed E-state index contributed by atoms with van der Waals surface area (Å²) >= 11 is 12.0. The molecule has 5 heteroatoms. The lowest BCUT2D eigenvalue weighted by Gasteiger charge is -2.40. The molecular weight excluding hydrogens is 278 g/mol. The molecule has 0 bridgehead atoms. The van der Waals surface area contributed by atoms with E-state index in [1.54, 1.807) is 0 Å². The number of hydrogen-bond donors (Lipinski definition) is 0. The smallest absolute Gasteiger partial charge is 0.138 e. The van der Waals surface area contributed by atoms with E-state index in [9.17, 15) is 4.39 Å². The second kappa shape index (κ2) is 6.09. The number of alkyl halides is 1. The van der Waals surface area contributed by atoms with Gasteiger partial charge >= 0.3 is 0 Å². The van der Waals surface area contributed by atoms with E-state index >= 15 is 0 Å². The predicted molar refractivity (Wildman–Crippen MR) is 70.1 cm³/mol. The molecule has 3 atom stereocenters. The van der Waals surface area contributed by atoms with Gasteiger partial charge in [0.15, 0.2) is 0 Å². The van der Waals surface area contributed by atoms with Gasteiger partial charge in [-0.05, 0) is 24.6 Å². The van der Waals surface area contributed by atoms with E-state index in [0.717, 1.165) is 6.42 Å². The highest BCUT2D eigenvalue weighted by atomic mass is 35.5. The predicted octanol–water partition coefficient (Wildman–Crippen LogP) is 4.03. The Morgan fingerprint density at radius 1 is 1.44 bits per heavy atom. The van der Waals surface area contributed by atoms with E-state index in [1.807, 2.05) is 6.92 Å². The van der Waals surface area contributed by atoms with Crippen molar-refractivity contribution in [2.45, 2.75) is 37.4 Å². The Morgan fingerprint density at radius 3 is 2.83 bits per heavy atom. The lowest BCUT2D eigenvalue weighted by Crippen LogP contribution is -2.52. The van der Waals surface area contributed by atoms with E-state index in [-0.39, 0.29) is 28.4 Å². The molecule has 1 aromatic carbocycles. The van der Waals surface area contributed by atoms with E-state index in [4.69, 9.17) is 32.7 Å². The molecule has 0 aromatic heterocycles. The van der Waals surface area contributed by atoms with Crippen LogP contribution >= 0.6 is 23.2 Å². The van der Waals surface area contributed by atoms with Crippen LogP contribution in [-0.4, -0.2) is 24.2 Å². The molecule has 18 heavy (non-hydrogen) atoms. The van der Waals surface area contributed by atoms with Gasteiger partial charge in [-0.25, -0.2) is 4.39 Å². The Labute approximate surface area is 116 Å². The Morgan fingerprint density at radius 2 is 2.22 bits per heavy atom. The van der Waals surface area contributed by atoms with E-state index in [2.05, 4.69) is 0 Å². The summed E-state index contributed by atoms with van der Waals surface area (Å²) in [5.74, 6) is 0.0895. The molecule has 2 rings (SSSR count). The third-order valence-corrected chi connectivity index (χ3v) is 3.59. The van der Waals surface area contributed by atoms with Crippen molar-refractivity contribution in [2.24, 2.45) is 0 Å². The van der Waals surface area contributed by atoms with Crippen LogP contribution in [-0.2, 0) is 4.74 Å². The summed E-state index contributed by atoms with van der Waals surface area (Å²) in [4.78, 5) is 0. The Hall–Kier alpha value is -0.510. The van der Waals surface area contributed by atoms with Crippen LogP contribution < -0.4 is 4.74 Å². The molecule has 0 radical (unpaired) electrons. The number of rotatable bonds is 5. The first-order valence-corrected chi connectivity index (χ1v) is 6.80. The number of ether oxygens (including phenoxy) is 2. The van der Waals surface area contributed by atoms with Gasteiger partial charge in [0, 0.05) is 13.0 Å². The van der Waals surface area contributed by atoms with Gasteiger partial charge < -0.3 is 9.47 Å². The minimum Gasteiger partial charge on any atom is -0.486 e. The monoisotopic (exact) mass is 292 g/mol. The Bertz CT molecular complexity index is 414. The molecule has 1 aliphatic rings. The second-order valence-electron chi connectivity index (χ2n) is 4.32. The Balaban J connectivity index is 1.96. The van der Waals surface area contributed by atoms with Crippen LogP contribution in [0.3, 0.4) is 0 Å². The Kier molecular flexibility index (Phi) is 4.71. The summed E-state index contributed by atoms with van der Waals surface area (Å²) in [6.07, 6.45) is 1.42. The van der Waals surface area contributed by atoms with Crippen molar-refractivity contribution in [3.63, 3.8) is 0 Å². The fourth-order valence-corrected chi connectivity index (χ4v) is 2.46. The fourth-order valence-electron chi connectivity index (χ4n) is 1.84. The van der Waals surface area contributed by atoms with E-state index in [0.29, 0.717) is 18.8 Å². The fraction of sp³-hybridized carbons (Fsp3) is 0.538. The molecule has 0 saturated heterocycles. The molecular formula is C13H15Cl2FO2. The highest BCUT2D eigenvalue weighted by molar-refractivity contribution is 6.32. The minimum atomic E-state index is -0.380. The van der Waals surface area contributed by atoms with Gasteiger partial charge in [-0.2, -0.15) is 0 Å². The van der Waals surface area contributed by atoms with Gasteiger partial charge in [0.25, 0.3) is 0 Å². The minimum absolute atomic E-state index is 0.0271. The maximum Gasteiger partial charge on any atom is 0.138 e. The van der Waals surface area contributed by atoms with Crippen LogP contribution in [0.1, 0.15) is 19.8 Å². The molecule has 1 aliphatic carbocycles. The number of hydrogen-bond acceptors (Lipinski definition) is 2. The third-order valence-electron chi connectivity index (χ3n) is 2.87. The van der Waals surface area contributed by atoms with Crippen LogP contribution in [0.4, 0.5) is 4.39 Å². The molecule has 0 N–H and O–H groups in total. The highest BCUT2D eigenvalue weighted by Gasteiger charge is 2.42. The standard InChI is InChI=1S/C13H15Cl2FO2/c1-2-5-17-13-10(15)7-12(13)18-11-4-3-8(16)6-9(11)14/h3-4,6,10,12-13H,2,5,7H2,1H3. The highest BCUT2D eigenvalue weighted by Crippen LogP contribution is 2.35. The maximum absolute atomic E-state index is 12.9. The van der Waals surface area contributed by atoms with Crippen LogP contribution in [0.5, 0.6) is 5.75 Å². The zero-order valence-corrected chi connectivity index (χ0v) is 11.5. The third kappa shape index (κ3) is 3.08. The van der Waals surface area contributed by atoms with Crippen LogP contribution in [0.2, 0.25) is 5.02 Å². The summed E-state index contributed by atoms with van der Waals surface area (Å²) < 4.78 is 24.2. The van der Waals surface area contributed by atoms with Crippen molar-refractivity contribution in [1.82, 2.24) is 0 Å². The zero-order chi connectivity index (χ0) is 13.1. The SMILES string of the molecule is CCCOC1C(Cl)CC1Oc1ccc(F)cc1Cl. The summed E-state index contributed by atoms with van der Waals surface area (Å²) in [5, 5.41) is 0.239. The van der Waals surface area contributed by atoms with Gasteiger partial charge in [0.1, 0.15) is 23.8 Å². The largest absolute Gasteiger partial charge is 0.486 e. The summed E-state index contributed by atoms with van der Waals surface area (Å²) in [5.41, 5.74) is 0. The van der Waals surface area contributed by atoms with Gasteiger partial charge in [0.2, 0.25) is 0 Å². The van der Waals surface area contributed by atoms with Crippen molar-refractivity contribution in [3.05, 3.63) is 29.0 Å². The normalized spacial score (nSPS) is 26.8. The lowest BCUT2D eigenvalue weighted by molar-refractivity contribution is -0.0797. The van der Waals surface area contributed by atoms with Crippen LogP contribution in [0, 0.1) is 5.82 Å². The van der Waals surface area contributed by atoms with Crippen LogP contribution in [0.15, 0.2) is 18.2 Å². The van der Waals surface area contributed by atoms with Crippen molar-refractivity contribution < 1.29 is 13.9 Å². The van der Waals surface area contributed by atoms with E-state index < -0.39 is 0 Å². The first-order valence-electron chi connectivity index (χ1n) is 5.99. The van der Waals surface area contributed by atoms with Gasteiger partial charge in [-0.15, -0.1) is 11.6 Å². The van der Waals surface area contributed by atoms with Crippen LogP contribution in [0.25, 0.3) is 0 Å². The summed E-state index contributed by atoms with van der Waals surface area (Å²) in [7, 11) is 0.